The summed E-state index contributed by atoms with van der Waals surface area (Å²) in [6, 6.07) is 10.2. The van der Waals surface area contributed by atoms with E-state index >= 15 is 0 Å². The summed E-state index contributed by atoms with van der Waals surface area (Å²) in [4.78, 5) is 6.62. The molecule has 1 fully saturated rings. The van der Waals surface area contributed by atoms with Gasteiger partial charge in [0.15, 0.2) is 5.82 Å². The Bertz CT molecular complexity index is 771. The van der Waals surface area contributed by atoms with Gasteiger partial charge in [0.25, 0.3) is 0 Å². The number of aromatic amines is 1. The molecule has 0 unspecified atom stereocenters. The smallest absolute Gasteiger partial charge is 0.151 e. The average Bonchev–Trinajstić information content (AvgIpc) is 3.36. The van der Waals surface area contributed by atoms with Gasteiger partial charge in [0.05, 0.1) is 18.7 Å². The van der Waals surface area contributed by atoms with Crippen molar-refractivity contribution in [2.75, 3.05) is 13.7 Å². The van der Waals surface area contributed by atoms with Gasteiger partial charge >= 0.3 is 0 Å². The second-order valence-corrected chi connectivity index (χ2v) is 5.86. The molecule has 8 heteroatoms. The van der Waals surface area contributed by atoms with Gasteiger partial charge in [0.2, 0.25) is 0 Å². The summed E-state index contributed by atoms with van der Waals surface area (Å²) in [6.45, 7) is 1.49. The molecule has 4 rings (SSSR count). The van der Waals surface area contributed by atoms with Gasteiger partial charge in [-0.3, -0.25) is 14.6 Å². The number of hydrogen-bond donors (Lipinski definition) is 1. The van der Waals surface area contributed by atoms with Crippen molar-refractivity contribution in [3.05, 3.63) is 54.6 Å². The fourth-order valence-electron chi connectivity index (χ4n) is 3.22. The number of hydrogen-bond acceptors (Lipinski definition) is 6. The highest BCUT2D eigenvalue weighted by Gasteiger charge is 2.35. The highest BCUT2D eigenvalue weighted by Crippen LogP contribution is 2.32. The van der Waals surface area contributed by atoms with Crippen LogP contribution >= 0.6 is 0 Å². The van der Waals surface area contributed by atoms with Gasteiger partial charge in [0, 0.05) is 19.3 Å². The van der Waals surface area contributed by atoms with Crippen molar-refractivity contribution in [1.29, 1.82) is 0 Å². The molecule has 2 aromatic heterocycles. The first kappa shape index (κ1) is 15.0. The van der Waals surface area contributed by atoms with Crippen LogP contribution in [0.15, 0.2) is 43.0 Å². The molecule has 0 bridgehead atoms. The monoisotopic (exact) mass is 325 g/mol. The van der Waals surface area contributed by atoms with Crippen molar-refractivity contribution in [2.45, 2.75) is 25.1 Å². The average molecular weight is 325 g/mol. The van der Waals surface area contributed by atoms with E-state index in [1.54, 1.807) is 19.8 Å². The summed E-state index contributed by atoms with van der Waals surface area (Å²) in [7, 11) is 1.75. The first-order valence-electron chi connectivity index (χ1n) is 7.91. The van der Waals surface area contributed by atoms with Crippen LogP contribution in [0.1, 0.15) is 24.1 Å². The Kier molecular flexibility index (Phi) is 4.06. The maximum Gasteiger partial charge on any atom is 0.151 e. The first-order chi connectivity index (χ1) is 11.8. The number of likely N-dealkylation sites (tertiary alicyclic amines) is 1. The third kappa shape index (κ3) is 2.81. The summed E-state index contributed by atoms with van der Waals surface area (Å²) in [5.74, 6) is 1.75. The molecule has 3 aromatic rings. The molecule has 1 N–H and O–H groups in total. The minimum atomic E-state index is 0.137. The Balaban J connectivity index is 1.59. The van der Waals surface area contributed by atoms with E-state index in [0.717, 1.165) is 30.3 Å². The van der Waals surface area contributed by atoms with Gasteiger partial charge in [-0.2, -0.15) is 5.10 Å². The molecule has 124 valence electrons. The number of nitrogens with one attached hydrogen (secondary N) is 1. The maximum atomic E-state index is 5.56. The Morgan fingerprint density at radius 1 is 1.29 bits per heavy atom. The van der Waals surface area contributed by atoms with Crippen LogP contribution in [0.25, 0.3) is 5.69 Å². The Labute approximate surface area is 139 Å². The van der Waals surface area contributed by atoms with Crippen LogP contribution in [0.4, 0.5) is 0 Å². The van der Waals surface area contributed by atoms with Crippen LogP contribution in [-0.4, -0.2) is 54.6 Å². The number of rotatable bonds is 5. The lowest BCUT2D eigenvalue weighted by atomic mass is 10.2. The van der Waals surface area contributed by atoms with E-state index in [1.807, 2.05) is 34.9 Å². The van der Waals surface area contributed by atoms with E-state index < -0.39 is 0 Å². The Morgan fingerprint density at radius 3 is 2.92 bits per heavy atom. The molecule has 8 nitrogen and oxygen atoms in total. The number of para-hydroxylation sites is 1. The summed E-state index contributed by atoms with van der Waals surface area (Å²) in [5.41, 5.74) is 1.05. The summed E-state index contributed by atoms with van der Waals surface area (Å²) >= 11 is 0. The van der Waals surface area contributed by atoms with Crippen molar-refractivity contribution in [1.82, 2.24) is 34.8 Å². The molecule has 1 aliphatic rings. The molecule has 0 saturated carbocycles. The third-order valence-electron chi connectivity index (χ3n) is 4.44. The predicted octanol–water partition coefficient (Wildman–Crippen LogP) is 1.35. The second-order valence-electron chi connectivity index (χ2n) is 5.86. The quantitative estimate of drug-likeness (QED) is 0.762. The number of aromatic nitrogens is 6. The second kappa shape index (κ2) is 6.50. The molecule has 2 atom stereocenters. The van der Waals surface area contributed by atoms with Crippen molar-refractivity contribution >= 4 is 0 Å². The number of ether oxygens (including phenoxy) is 1. The summed E-state index contributed by atoms with van der Waals surface area (Å²) < 4.78 is 7.57. The minimum absolute atomic E-state index is 0.137. The van der Waals surface area contributed by atoms with Crippen molar-refractivity contribution in [2.24, 2.45) is 0 Å². The zero-order valence-electron chi connectivity index (χ0n) is 13.4. The molecule has 1 saturated heterocycles. The summed E-state index contributed by atoms with van der Waals surface area (Å²) in [5, 5.41) is 15.3. The highest BCUT2D eigenvalue weighted by atomic mass is 16.5. The van der Waals surface area contributed by atoms with Crippen LogP contribution in [0, 0.1) is 0 Å². The molecule has 1 aliphatic heterocycles. The van der Waals surface area contributed by atoms with Crippen molar-refractivity contribution in [3.63, 3.8) is 0 Å². The van der Waals surface area contributed by atoms with E-state index in [2.05, 4.69) is 30.3 Å². The minimum Gasteiger partial charge on any atom is -0.380 e. The van der Waals surface area contributed by atoms with Crippen molar-refractivity contribution in [3.8, 4) is 5.69 Å². The van der Waals surface area contributed by atoms with Gasteiger partial charge in [0.1, 0.15) is 18.5 Å². The number of methoxy groups -OCH3 is 1. The molecule has 0 aliphatic carbocycles. The van der Waals surface area contributed by atoms with E-state index in [4.69, 9.17) is 4.74 Å². The fraction of sp³-hybridized carbons (Fsp3) is 0.375. The van der Waals surface area contributed by atoms with Crippen LogP contribution in [0.5, 0.6) is 0 Å². The van der Waals surface area contributed by atoms with Crippen LogP contribution in [0.2, 0.25) is 0 Å². The molecular weight excluding hydrogens is 306 g/mol. The standard InChI is InChI=1S/C16H19N7O/c1-24-13-7-14(16-17-10-18-21-16)22(8-13)9-15-20-19-11-23(15)12-5-3-2-4-6-12/h2-6,10-11,13-14H,7-9H2,1H3,(H,17,18,21)/t13-,14+/m1/s1. The zero-order chi connectivity index (χ0) is 16.4. The van der Waals surface area contributed by atoms with Gasteiger partial charge in [-0.15, -0.1) is 10.2 Å². The molecular formula is C16H19N7O. The van der Waals surface area contributed by atoms with E-state index in [1.165, 1.54) is 0 Å². The molecule has 0 spiro atoms. The van der Waals surface area contributed by atoms with Crippen LogP contribution in [-0.2, 0) is 11.3 Å². The zero-order valence-corrected chi connectivity index (χ0v) is 13.4. The number of nitrogens with zero attached hydrogens (tertiary/aromatic N) is 6. The third-order valence-corrected chi connectivity index (χ3v) is 4.44. The number of H-pyrrole nitrogens is 1. The first-order valence-corrected chi connectivity index (χ1v) is 7.91. The van der Waals surface area contributed by atoms with E-state index in [0.29, 0.717) is 6.54 Å². The lowest BCUT2D eigenvalue weighted by Gasteiger charge is -2.21. The fourth-order valence-corrected chi connectivity index (χ4v) is 3.22. The normalized spacial score (nSPS) is 21.4. The molecule has 1 aromatic carbocycles. The van der Waals surface area contributed by atoms with Gasteiger partial charge in [-0.1, -0.05) is 18.2 Å². The lowest BCUT2D eigenvalue weighted by Crippen LogP contribution is -2.27. The maximum absolute atomic E-state index is 5.56. The molecule has 0 radical (unpaired) electrons. The predicted molar refractivity (Wildman–Crippen MR) is 86.3 cm³/mol. The molecule has 24 heavy (non-hydrogen) atoms. The van der Waals surface area contributed by atoms with Gasteiger partial charge in [-0.05, 0) is 18.6 Å². The topological polar surface area (TPSA) is 84.8 Å². The number of benzene rings is 1. The molecule has 3 heterocycles. The highest BCUT2D eigenvalue weighted by molar-refractivity contribution is 5.32. The van der Waals surface area contributed by atoms with Crippen molar-refractivity contribution < 1.29 is 4.74 Å². The Morgan fingerprint density at radius 2 is 2.17 bits per heavy atom. The largest absolute Gasteiger partial charge is 0.380 e. The molecule has 0 amide bonds. The lowest BCUT2D eigenvalue weighted by molar-refractivity contribution is 0.107. The van der Waals surface area contributed by atoms with Gasteiger partial charge < -0.3 is 4.74 Å². The SMILES string of the molecule is CO[C@@H]1C[C@@H](c2ncn[nH]2)N(Cc2nncn2-c2ccccc2)C1. The van der Waals surface area contributed by atoms with Crippen LogP contribution in [0.3, 0.4) is 0 Å². The van der Waals surface area contributed by atoms with E-state index in [9.17, 15) is 0 Å². The van der Waals surface area contributed by atoms with E-state index in [-0.39, 0.29) is 12.1 Å². The Hall–Kier alpha value is -2.58. The van der Waals surface area contributed by atoms with Crippen LogP contribution < -0.4 is 0 Å². The summed E-state index contributed by atoms with van der Waals surface area (Å²) in [6.07, 6.45) is 4.34. The van der Waals surface area contributed by atoms with Gasteiger partial charge in [-0.25, -0.2) is 4.98 Å².